The van der Waals surface area contributed by atoms with Crippen LogP contribution in [0.5, 0.6) is 0 Å². The number of hydrogen-bond acceptors (Lipinski definition) is 5. The van der Waals surface area contributed by atoms with E-state index < -0.39 is 13.2 Å². The van der Waals surface area contributed by atoms with Crippen molar-refractivity contribution in [2.45, 2.75) is 57.7 Å². The second-order valence-corrected chi connectivity index (χ2v) is 11.3. The summed E-state index contributed by atoms with van der Waals surface area (Å²) in [4.78, 5) is 26.0. The van der Waals surface area contributed by atoms with E-state index in [-0.39, 0.29) is 41.5 Å². The summed E-state index contributed by atoms with van der Waals surface area (Å²) in [5.74, 6) is 0.831. The van der Waals surface area contributed by atoms with Crippen molar-refractivity contribution in [2.75, 3.05) is 19.7 Å². The number of nitrogens with zero attached hydrogens (tertiary/aromatic N) is 1. The van der Waals surface area contributed by atoms with Gasteiger partial charge in [-0.25, -0.2) is 4.79 Å². The maximum atomic E-state index is 12.7. The fraction of sp³-hybridized carbons (Fsp3) is 0.615. The highest BCUT2D eigenvalue weighted by Crippen LogP contribution is 2.64. The van der Waals surface area contributed by atoms with Gasteiger partial charge in [0.25, 0.3) is 0 Å². The number of carbonyl (C=O) groups is 2. The van der Waals surface area contributed by atoms with E-state index >= 15 is 0 Å². The van der Waals surface area contributed by atoms with Crippen LogP contribution in [-0.2, 0) is 25.3 Å². The Bertz CT molecular complexity index is 950. The lowest BCUT2D eigenvalue weighted by atomic mass is 9.45. The molecule has 2 bridgehead atoms. The average molecular weight is 466 g/mol. The molecule has 1 aromatic rings. The Morgan fingerprint density at radius 1 is 1.29 bits per heavy atom. The summed E-state index contributed by atoms with van der Waals surface area (Å²) in [6.45, 7) is 11.8. The van der Waals surface area contributed by atoms with E-state index in [2.05, 4.69) is 32.7 Å². The van der Waals surface area contributed by atoms with E-state index in [9.17, 15) is 9.59 Å². The van der Waals surface area contributed by atoms with Gasteiger partial charge in [-0.2, -0.15) is 0 Å². The highest BCUT2D eigenvalue weighted by Gasteiger charge is 2.67. The molecule has 182 valence electrons. The first-order valence-electron chi connectivity index (χ1n) is 12.4. The minimum atomic E-state index is -0.526. The molecule has 5 atom stereocenters. The average Bonchev–Trinajstić information content (AvgIpc) is 3.15. The molecule has 2 heterocycles. The monoisotopic (exact) mass is 466 g/mol. The molecule has 1 N–H and O–H groups in total. The van der Waals surface area contributed by atoms with Crippen molar-refractivity contribution in [3.63, 3.8) is 0 Å². The summed E-state index contributed by atoms with van der Waals surface area (Å²) in [7, 11) is -0.526. The lowest BCUT2D eigenvalue weighted by Gasteiger charge is -2.63. The molecule has 5 fully saturated rings. The van der Waals surface area contributed by atoms with Crippen LogP contribution in [0.25, 0.3) is 0 Å². The zero-order valence-electron chi connectivity index (χ0n) is 20.4. The topological polar surface area (TPSA) is 77.1 Å². The molecule has 0 radical (unpaired) electrons. The van der Waals surface area contributed by atoms with Crippen molar-refractivity contribution in [1.29, 1.82) is 0 Å². The third-order valence-electron chi connectivity index (χ3n) is 8.66. The zero-order valence-corrected chi connectivity index (χ0v) is 20.4. The van der Waals surface area contributed by atoms with E-state index in [1.807, 2.05) is 30.3 Å². The van der Waals surface area contributed by atoms with Crippen LogP contribution >= 0.6 is 0 Å². The summed E-state index contributed by atoms with van der Waals surface area (Å²) in [6, 6.07) is 10.1. The summed E-state index contributed by atoms with van der Waals surface area (Å²) in [5, 5.41) is 3.02. The second kappa shape index (κ2) is 8.72. The fourth-order valence-electron chi connectivity index (χ4n) is 6.37. The first kappa shape index (κ1) is 23.4. The Hall–Kier alpha value is -2.32. The molecule has 6 rings (SSSR count). The molecule has 34 heavy (non-hydrogen) atoms. The van der Waals surface area contributed by atoms with Crippen molar-refractivity contribution in [3.05, 3.63) is 48.6 Å². The quantitative estimate of drug-likeness (QED) is 0.493. The number of likely N-dealkylation sites (tertiary alicyclic amines) is 1. The number of ether oxygens (including phenoxy) is 1. The normalized spacial score (nSPS) is 32.1. The molecule has 0 unspecified atom stereocenters. The van der Waals surface area contributed by atoms with E-state index in [0.717, 1.165) is 12.0 Å². The summed E-state index contributed by atoms with van der Waals surface area (Å²) >= 11 is 0. The van der Waals surface area contributed by atoms with Gasteiger partial charge in [0.1, 0.15) is 0 Å². The van der Waals surface area contributed by atoms with E-state index in [0.29, 0.717) is 31.3 Å². The van der Waals surface area contributed by atoms with Gasteiger partial charge in [-0.05, 0) is 55.1 Å². The van der Waals surface area contributed by atoms with Crippen LogP contribution in [-0.4, -0.2) is 61.4 Å². The van der Waals surface area contributed by atoms with Crippen LogP contribution in [0.2, 0.25) is 0 Å². The predicted molar refractivity (Wildman–Crippen MR) is 129 cm³/mol. The van der Waals surface area contributed by atoms with Gasteiger partial charge >= 0.3 is 13.2 Å². The minimum Gasteiger partial charge on any atom is -0.449 e. The van der Waals surface area contributed by atoms with Crippen molar-refractivity contribution in [2.24, 2.45) is 23.2 Å². The summed E-state index contributed by atoms with van der Waals surface area (Å²) in [5.41, 5.74) is 1.05. The van der Waals surface area contributed by atoms with Gasteiger partial charge in [-0.1, -0.05) is 50.8 Å². The van der Waals surface area contributed by atoms with Gasteiger partial charge in [0.15, 0.2) is 0 Å². The number of amides is 2. The fourth-order valence-corrected chi connectivity index (χ4v) is 6.37. The highest BCUT2D eigenvalue weighted by molar-refractivity contribution is 6.47. The molecule has 0 aromatic heterocycles. The van der Waals surface area contributed by atoms with E-state index in [4.69, 9.17) is 14.0 Å². The molecule has 2 aliphatic heterocycles. The number of nitrogens with one attached hydrogen (secondary N) is 1. The van der Waals surface area contributed by atoms with Crippen LogP contribution in [0.1, 0.15) is 39.2 Å². The SMILES string of the molecule is C=CC(=O)N1CC(COC(=O)N[C@@H](Cc2ccccc2)B2O[C@H]3[C@H]4C[C@@H](C[C@@]3(C)O2)C4(C)C)C1. The summed E-state index contributed by atoms with van der Waals surface area (Å²) in [6.07, 6.45) is 3.63. The minimum absolute atomic E-state index is 0.0388. The lowest BCUT2D eigenvalue weighted by molar-refractivity contribution is -0.185. The standard InChI is InChI=1S/C26H35BN2O5/c1-5-22(30)29-14-18(15-29)16-32-24(31)28-21(11-17-9-7-6-8-10-17)27-33-23-20-12-19(25(20,2)3)13-26(23,4)34-27/h5-10,18-21,23H,1,11-16H2,2-4H3,(H,28,31)/t19-,20+,21-,23-,26+/m0/s1. The molecule has 2 amide bonds. The number of benzene rings is 1. The first-order chi connectivity index (χ1) is 16.2. The number of carbonyl (C=O) groups excluding carboxylic acids is 2. The molecular weight excluding hydrogens is 431 g/mol. The molecule has 8 heteroatoms. The van der Waals surface area contributed by atoms with Crippen LogP contribution in [0, 0.1) is 23.2 Å². The van der Waals surface area contributed by atoms with Crippen LogP contribution in [0.15, 0.2) is 43.0 Å². The Balaban J connectivity index is 1.22. The van der Waals surface area contributed by atoms with Crippen LogP contribution in [0.3, 0.4) is 0 Å². The van der Waals surface area contributed by atoms with E-state index in [1.54, 1.807) is 4.90 Å². The Morgan fingerprint density at radius 3 is 2.71 bits per heavy atom. The third-order valence-corrected chi connectivity index (χ3v) is 8.66. The Labute approximate surface area is 202 Å². The summed E-state index contributed by atoms with van der Waals surface area (Å²) < 4.78 is 18.6. The Morgan fingerprint density at radius 2 is 2.03 bits per heavy atom. The van der Waals surface area contributed by atoms with Crippen LogP contribution in [0.4, 0.5) is 4.79 Å². The van der Waals surface area contributed by atoms with E-state index in [1.165, 1.54) is 12.5 Å². The smallest absolute Gasteiger partial charge is 0.449 e. The molecule has 3 saturated carbocycles. The molecule has 5 aliphatic rings. The van der Waals surface area contributed by atoms with Gasteiger partial charge in [-0.3, -0.25) is 4.79 Å². The second-order valence-electron chi connectivity index (χ2n) is 11.3. The van der Waals surface area contributed by atoms with Crippen molar-refractivity contribution in [1.82, 2.24) is 10.2 Å². The molecule has 0 spiro atoms. The molecule has 1 aromatic carbocycles. The van der Waals surface area contributed by atoms with Crippen molar-refractivity contribution in [3.8, 4) is 0 Å². The van der Waals surface area contributed by atoms with Crippen LogP contribution < -0.4 is 5.32 Å². The first-order valence-corrected chi connectivity index (χ1v) is 12.4. The van der Waals surface area contributed by atoms with Crippen molar-refractivity contribution < 1.29 is 23.6 Å². The Kier molecular flexibility index (Phi) is 6.01. The highest BCUT2D eigenvalue weighted by atomic mass is 16.7. The predicted octanol–water partition coefficient (Wildman–Crippen LogP) is 3.24. The van der Waals surface area contributed by atoms with Gasteiger partial charge in [-0.15, -0.1) is 0 Å². The van der Waals surface area contributed by atoms with Gasteiger partial charge in [0.2, 0.25) is 5.91 Å². The maximum Gasteiger partial charge on any atom is 0.482 e. The molecule has 2 saturated heterocycles. The van der Waals surface area contributed by atoms with Crippen molar-refractivity contribution >= 4 is 19.1 Å². The molecular formula is C26H35BN2O5. The van der Waals surface area contributed by atoms with Gasteiger partial charge < -0.3 is 24.3 Å². The number of hydrogen-bond donors (Lipinski definition) is 1. The number of rotatable bonds is 7. The van der Waals surface area contributed by atoms with Gasteiger partial charge in [0, 0.05) is 19.0 Å². The third kappa shape index (κ3) is 4.15. The lowest BCUT2D eigenvalue weighted by Crippen LogP contribution is -2.63. The maximum absolute atomic E-state index is 12.7. The molecule has 7 nitrogen and oxygen atoms in total. The largest absolute Gasteiger partial charge is 0.482 e. The van der Waals surface area contributed by atoms with Gasteiger partial charge in [0.05, 0.1) is 24.3 Å². The zero-order chi connectivity index (χ0) is 24.1. The molecule has 3 aliphatic carbocycles. The number of alkyl carbamates (subject to hydrolysis) is 1.